The Balaban J connectivity index is 1.76. The lowest BCUT2D eigenvalue weighted by atomic mass is 10.2. The molecule has 0 spiro atoms. The van der Waals surface area contributed by atoms with Crippen LogP contribution in [0.3, 0.4) is 0 Å². The second-order valence-corrected chi connectivity index (χ2v) is 4.00. The van der Waals surface area contributed by atoms with Crippen molar-refractivity contribution in [2.75, 3.05) is 0 Å². The van der Waals surface area contributed by atoms with Crippen LogP contribution in [0.5, 0.6) is 0 Å². The number of rotatable bonds is 3. The summed E-state index contributed by atoms with van der Waals surface area (Å²) < 4.78 is 0. The van der Waals surface area contributed by atoms with Crippen LogP contribution in [0.2, 0.25) is 0 Å². The van der Waals surface area contributed by atoms with E-state index in [1.54, 1.807) is 6.08 Å². The predicted molar refractivity (Wildman–Crippen MR) is 64.5 cm³/mol. The average Bonchev–Trinajstić information content (AvgIpc) is 3.19. The van der Waals surface area contributed by atoms with Gasteiger partial charge in [0.25, 0.3) is 5.91 Å². The first-order valence-electron chi connectivity index (χ1n) is 5.58. The van der Waals surface area contributed by atoms with Crippen LogP contribution in [0.1, 0.15) is 18.4 Å². The minimum absolute atomic E-state index is 0.0911. The van der Waals surface area contributed by atoms with E-state index in [4.69, 9.17) is 0 Å². The van der Waals surface area contributed by atoms with Gasteiger partial charge in [-0.05, 0) is 24.5 Å². The molecule has 0 radical (unpaired) electrons. The van der Waals surface area contributed by atoms with Crippen LogP contribution in [0.4, 0.5) is 0 Å². The third-order valence-electron chi connectivity index (χ3n) is 2.48. The minimum Gasteiger partial charge on any atom is -0.273 e. The van der Waals surface area contributed by atoms with Gasteiger partial charge in [-0.15, -0.1) is 0 Å². The SMILES string of the molecule is O=C(/C=C/c1ccccc1)NNC(=O)C1CC1. The Kier molecular flexibility index (Phi) is 3.55. The Labute approximate surface area is 99.7 Å². The molecule has 1 aromatic carbocycles. The molecule has 0 aliphatic heterocycles. The molecular weight excluding hydrogens is 216 g/mol. The zero-order chi connectivity index (χ0) is 12.1. The third kappa shape index (κ3) is 3.75. The number of amides is 2. The molecule has 4 nitrogen and oxygen atoms in total. The van der Waals surface area contributed by atoms with Crippen molar-refractivity contribution in [2.45, 2.75) is 12.8 Å². The van der Waals surface area contributed by atoms with Crippen LogP contribution < -0.4 is 10.9 Å². The molecule has 2 N–H and O–H groups in total. The third-order valence-corrected chi connectivity index (χ3v) is 2.48. The molecule has 1 fully saturated rings. The van der Waals surface area contributed by atoms with Crippen molar-refractivity contribution in [1.82, 2.24) is 10.9 Å². The maximum atomic E-state index is 11.4. The molecule has 1 aliphatic carbocycles. The van der Waals surface area contributed by atoms with Crippen LogP contribution in [0.25, 0.3) is 6.08 Å². The molecule has 2 amide bonds. The standard InChI is InChI=1S/C13H14N2O2/c16-12(14-15-13(17)11-7-8-11)9-6-10-4-2-1-3-5-10/h1-6,9,11H,7-8H2,(H,14,16)(H,15,17)/b9-6+. The van der Waals surface area contributed by atoms with Crippen molar-refractivity contribution >= 4 is 17.9 Å². The lowest BCUT2D eigenvalue weighted by Crippen LogP contribution is -2.41. The Bertz CT molecular complexity index is 436. The number of carbonyl (C=O) groups excluding carboxylic acids is 2. The first kappa shape index (κ1) is 11.4. The molecule has 2 rings (SSSR count). The Morgan fingerprint density at radius 1 is 1.12 bits per heavy atom. The summed E-state index contributed by atoms with van der Waals surface area (Å²) in [5.74, 6) is -0.345. The van der Waals surface area contributed by atoms with E-state index in [1.807, 2.05) is 30.3 Å². The van der Waals surface area contributed by atoms with Gasteiger partial charge in [0.2, 0.25) is 5.91 Å². The van der Waals surface area contributed by atoms with Gasteiger partial charge in [0.05, 0.1) is 0 Å². The van der Waals surface area contributed by atoms with Gasteiger partial charge in [0.15, 0.2) is 0 Å². The van der Waals surface area contributed by atoms with Gasteiger partial charge in [-0.25, -0.2) is 0 Å². The normalized spacial score (nSPS) is 14.6. The van der Waals surface area contributed by atoms with Crippen molar-refractivity contribution in [2.24, 2.45) is 5.92 Å². The fourth-order valence-corrected chi connectivity index (χ4v) is 1.35. The van der Waals surface area contributed by atoms with E-state index in [0.29, 0.717) is 0 Å². The molecule has 1 saturated carbocycles. The zero-order valence-corrected chi connectivity index (χ0v) is 9.35. The summed E-state index contributed by atoms with van der Waals surface area (Å²) in [4.78, 5) is 22.6. The van der Waals surface area contributed by atoms with E-state index in [-0.39, 0.29) is 17.7 Å². The molecule has 0 saturated heterocycles. The van der Waals surface area contributed by atoms with E-state index >= 15 is 0 Å². The maximum absolute atomic E-state index is 11.4. The number of hydrazine groups is 1. The fourth-order valence-electron chi connectivity index (χ4n) is 1.35. The van der Waals surface area contributed by atoms with Crippen molar-refractivity contribution < 1.29 is 9.59 Å². The van der Waals surface area contributed by atoms with Crippen molar-refractivity contribution in [3.63, 3.8) is 0 Å². The van der Waals surface area contributed by atoms with Crippen molar-refractivity contribution in [3.8, 4) is 0 Å². The highest BCUT2D eigenvalue weighted by atomic mass is 16.2. The Hall–Kier alpha value is -2.10. The van der Waals surface area contributed by atoms with E-state index in [2.05, 4.69) is 10.9 Å². The molecule has 4 heteroatoms. The molecular formula is C13H14N2O2. The van der Waals surface area contributed by atoms with Gasteiger partial charge >= 0.3 is 0 Å². The minimum atomic E-state index is -0.331. The lowest BCUT2D eigenvalue weighted by molar-refractivity contribution is -0.127. The second-order valence-electron chi connectivity index (χ2n) is 4.00. The highest BCUT2D eigenvalue weighted by Gasteiger charge is 2.29. The molecule has 17 heavy (non-hydrogen) atoms. The average molecular weight is 230 g/mol. The molecule has 1 aromatic rings. The van der Waals surface area contributed by atoms with E-state index in [0.717, 1.165) is 18.4 Å². The number of carbonyl (C=O) groups is 2. The summed E-state index contributed by atoms with van der Waals surface area (Å²) in [7, 11) is 0. The topological polar surface area (TPSA) is 58.2 Å². The lowest BCUT2D eigenvalue weighted by Gasteiger charge is -2.03. The summed E-state index contributed by atoms with van der Waals surface area (Å²) >= 11 is 0. The van der Waals surface area contributed by atoms with Crippen LogP contribution in [0.15, 0.2) is 36.4 Å². The van der Waals surface area contributed by atoms with Gasteiger partial charge in [0, 0.05) is 12.0 Å². The van der Waals surface area contributed by atoms with Crippen LogP contribution in [-0.4, -0.2) is 11.8 Å². The predicted octanol–water partition coefficient (Wildman–Crippen LogP) is 1.26. The molecule has 88 valence electrons. The van der Waals surface area contributed by atoms with Crippen molar-refractivity contribution in [1.29, 1.82) is 0 Å². The summed E-state index contributed by atoms with van der Waals surface area (Å²) in [6, 6.07) is 9.49. The summed E-state index contributed by atoms with van der Waals surface area (Å²) in [5.41, 5.74) is 5.68. The summed E-state index contributed by atoms with van der Waals surface area (Å²) in [5, 5.41) is 0. The van der Waals surface area contributed by atoms with E-state index in [1.165, 1.54) is 6.08 Å². The Morgan fingerprint density at radius 3 is 2.47 bits per heavy atom. The zero-order valence-electron chi connectivity index (χ0n) is 9.35. The number of nitrogens with one attached hydrogen (secondary N) is 2. The number of hydrogen-bond donors (Lipinski definition) is 2. The van der Waals surface area contributed by atoms with Crippen molar-refractivity contribution in [3.05, 3.63) is 42.0 Å². The fraction of sp³-hybridized carbons (Fsp3) is 0.231. The molecule has 0 unspecified atom stereocenters. The largest absolute Gasteiger partial charge is 0.273 e. The van der Waals surface area contributed by atoms with E-state index < -0.39 is 0 Å². The van der Waals surface area contributed by atoms with Gasteiger partial charge in [-0.3, -0.25) is 20.4 Å². The highest BCUT2D eigenvalue weighted by molar-refractivity contribution is 5.93. The van der Waals surface area contributed by atoms with Crippen LogP contribution in [0, 0.1) is 5.92 Å². The molecule has 0 atom stereocenters. The first-order valence-corrected chi connectivity index (χ1v) is 5.58. The molecule has 1 aliphatic rings. The van der Waals surface area contributed by atoms with E-state index in [9.17, 15) is 9.59 Å². The van der Waals surface area contributed by atoms with Gasteiger partial charge in [-0.2, -0.15) is 0 Å². The smallest absolute Gasteiger partial charge is 0.262 e. The highest BCUT2D eigenvalue weighted by Crippen LogP contribution is 2.28. The van der Waals surface area contributed by atoms with Crippen LogP contribution in [-0.2, 0) is 9.59 Å². The molecule has 0 heterocycles. The molecule has 0 bridgehead atoms. The summed E-state index contributed by atoms with van der Waals surface area (Å²) in [6.07, 6.45) is 4.92. The van der Waals surface area contributed by atoms with Gasteiger partial charge in [-0.1, -0.05) is 30.3 Å². The quantitative estimate of drug-likeness (QED) is 0.606. The maximum Gasteiger partial charge on any atom is 0.262 e. The first-order chi connectivity index (χ1) is 8.25. The number of benzene rings is 1. The molecule has 0 aromatic heterocycles. The second kappa shape index (κ2) is 5.30. The van der Waals surface area contributed by atoms with Crippen LogP contribution >= 0.6 is 0 Å². The number of hydrogen-bond acceptors (Lipinski definition) is 2. The monoisotopic (exact) mass is 230 g/mol. The Morgan fingerprint density at radius 2 is 1.82 bits per heavy atom. The summed E-state index contributed by atoms with van der Waals surface area (Å²) in [6.45, 7) is 0. The van der Waals surface area contributed by atoms with Gasteiger partial charge < -0.3 is 0 Å². The van der Waals surface area contributed by atoms with Gasteiger partial charge in [0.1, 0.15) is 0 Å².